The summed E-state index contributed by atoms with van der Waals surface area (Å²) in [6, 6.07) is 5.54. The SMILES string of the molecule is C#C.CC(=O)N1CCNCC1.O=S(=O)(c1ccc(F)cc1)N1CCCc2cc(C(O)(C(F)(F)F)C(F)(F)F)ccc21. The molecule has 0 radical (unpaired) electrons. The van der Waals surface area contributed by atoms with E-state index in [4.69, 9.17) is 0 Å². The van der Waals surface area contributed by atoms with E-state index in [9.17, 15) is 49.1 Å². The first-order chi connectivity index (χ1) is 19.0. The molecule has 0 aliphatic carbocycles. The van der Waals surface area contributed by atoms with Crippen molar-refractivity contribution in [3.05, 3.63) is 59.4 Å². The Morgan fingerprint density at radius 1 is 0.927 bits per heavy atom. The van der Waals surface area contributed by atoms with Gasteiger partial charge in [-0.1, -0.05) is 12.1 Å². The van der Waals surface area contributed by atoms with Gasteiger partial charge in [0.05, 0.1) is 10.6 Å². The van der Waals surface area contributed by atoms with Crippen LogP contribution in [-0.4, -0.2) is 69.4 Å². The number of nitrogens with zero attached hydrogens (tertiary/aromatic N) is 2. The minimum Gasteiger partial charge on any atom is -0.369 e. The molecule has 2 heterocycles. The molecule has 1 saturated heterocycles. The Kier molecular flexibility index (Phi) is 10.8. The van der Waals surface area contributed by atoms with Gasteiger partial charge in [-0.15, -0.1) is 12.8 Å². The van der Waals surface area contributed by atoms with Crippen molar-refractivity contribution in [1.82, 2.24) is 10.2 Å². The minimum absolute atomic E-state index is 0.00437. The van der Waals surface area contributed by atoms with Gasteiger partial charge >= 0.3 is 12.4 Å². The zero-order valence-corrected chi connectivity index (χ0v) is 22.6. The Bertz CT molecular complexity index is 1310. The van der Waals surface area contributed by atoms with E-state index in [1.165, 1.54) is 0 Å². The number of piperazine rings is 1. The average molecular weight is 612 g/mol. The Morgan fingerprint density at radius 2 is 1.46 bits per heavy atom. The second-order valence-electron chi connectivity index (χ2n) is 8.94. The van der Waals surface area contributed by atoms with E-state index < -0.39 is 39.4 Å². The molecule has 41 heavy (non-hydrogen) atoms. The molecule has 0 bridgehead atoms. The number of anilines is 1. The molecule has 0 spiro atoms. The number of terminal acetylenes is 1. The maximum atomic E-state index is 13.1. The van der Waals surface area contributed by atoms with Crippen LogP contribution in [0.2, 0.25) is 0 Å². The van der Waals surface area contributed by atoms with Crippen LogP contribution in [0.1, 0.15) is 24.5 Å². The summed E-state index contributed by atoms with van der Waals surface area (Å²) in [6.07, 6.45) is -3.97. The predicted octanol–water partition coefficient (Wildman–Crippen LogP) is 3.97. The van der Waals surface area contributed by atoms with Crippen molar-refractivity contribution in [3.63, 3.8) is 0 Å². The van der Waals surface area contributed by atoms with Gasteiger partial charge in [-0.2, -0.15) is 26.3 Å². The Labute approximate surface area is 233 Å². The molecule has 2 aliphatic heterocycles. The van der Waals surface area contributed by atoms with Gasteiger partial charge in [0.1, 0.15) is 5.82 Å². The van der Waals surface area contributed by atoms with E-state index in [1.54, 1.807) is 6.92 Å². The lowest BCUT2D eigenvalue weighted by molar-refractivity contribution is -0.376. The number of fused-ring (bicyclic) bond motifs is 1. The summed E-state index contributed by atoms with van der Waals surface area (Å²) in [5.41, 5.74) is -6.77. The second-order valence-corrected chi connectivity index (χ2v) is 10.8. The van der Waals surface area contributed by atoms with Crippen LogP contribution < -0.4 is 9.62 Å². The monoisotopic (exact) mass is 611 g/mol. The van der Waals surface area contributed by atoms with Crippen LogP contribution in [0.3, 0.4) is 0 Å². The number of sulfonamides is 1. The molecule has 0 aromatic heterocycles. The molecule has 2 aromatic carbocycles. The Hall–Kier alpha value is -3.35. The first-order valence-corrected chi connectivity index (χ1v) is 13.5. The smallest absolute Gasteiger partial charge is 0.369 e. The number of rotatable bonds is 3. The van der Waals surface area contributed by atoms with E-state index in [0.717, 1.165) is 60.8 Å². The number of hydrogen-bond donors (Lipinski definition) is 2. The fourth-order valence-electron chi connectivity index (χ4n) is 4.24. The van der Waals surface area contributed by atoms with Gasteiger partial charge in [-0.05, 0) is 48.7 Å². The molecule has 0 atom stereocenters. The van der Waals surface area contributed by atoms with Gasteiger partial charge in [-0.25, -0.2) is 12.8 Å². The lowest BCUT2D eigenvalue weighted by Crippen LogP contribution is -2.54. The van der Waals surface area contributed by atoms with Gasteiger partial charge in [-0.3, -0.25) is 9.10 Å². The molecule has 1 amide bonds. The van der Waals surface area contributed by atoms with E-state index in [-0.39, 0.29) is 41.4 Å². The van der Waals surface area contributed by atoms with Crippen molar-refractivity contribution in [3.8, 4) is 12.8 Å². The zero-order valence-electron chi connectivity index (χ0n) is 21.8. The molecule has 0 saturated carbocycles. The molecule has 2 N–H and O–H groups in total. The third kappa shape index (κ3) is 7.30. The highest BCUT2D eigenvalue weighted by Gasteiger charge is 2.71. The van der Waals surface area contributed by atoms with Crippen molar-refractivity contribution >= 4 is 21.6 Å². The van der Waals surface area contributed by atoms with Crippen molar-refractivity contribution < 1.29 is 49.1 Å². The Balaban J connectivity index is 0.000000450. The van der Waals surface area contributed by atoms with Crippen LogP contribution >= 0.6 is 0 Å². The summed E-state index contributed by atoms with van der Waals surface area (Å²) >= 11 is 0. The standard InChI is InChI=1S/C18H14F7NO3S.C6H12N2O.C2H2/c19-13-4-6-14(7-5-13)30(28,29)26-9-1-2-11-10-12(3-8-15(11)26)16(27,17(20,21)22)18(23,24)25;1-6(9)8-4-2-7-3-5-8;1-2/h3-8,10,27H,1-2,9H2;7H,2-5H2,1H3;1-2H. The first-order valence-electron chi connectivity index (χ1n) is 12.1. The van der Waals surface area contributed by atoms with E-state index in [1.807, 2.05) is 4.90 Å². The molecule has 1 fully saturated rings. The number of carbonyl (C=O) groups excluding carboxylic acids is 1. The van der Waals surface area contributed by atoms with Crippen LogP contribution in [0.15, 0.2) is 47.4 Å². The molecular formula is C26H28F7N3O4S. The van der Waals surface area contributed by atoms with Crippen LogP contribution in [-0.2, 0) is 26.8 Å². The summed E-state index contributed by atoms with van der Waals surface area (Å²) in [5.74, 6) is -0.493. The van der Waals surface area contributed by atoms with Crippen molar-refractivity contribution in [2.45, 2.75) is 42.6 Å². The maximum Gasteiger partial charge on any atom is 0.430 e. The maximum absolute atomic E-state index is 13.1. The minimum atomic E-state index is -6.05. The number of nitrogens with one attached hydrogen (secondary N) is 1. The van der Waals surface area contributed by atoms with Crippen molar-refractivity contribution in [1.29, 1.82) is 0 Å². The average Bonchev–Trinajstić information content (AvgIpc) is 2.93. The van der Waals surface area contributed by atoms with E-state index in [0.29, 0.717) is 12.1 Å². The summed E-state index contributed by atoms with van der Waals surface area (Å²) < 4.78 is 118. The molecular weight excluding hydrogens is 583 g/mol. The predicted molar refractivity (Wildman–Crippen MR) is 137 cm³/mol. The van der Waals surface area contributed by atoms with Crippen LogP contribution in [0.25, 0.3) is 0 Å². The number of halogens is 7. The Morgan fingerprint density at radius 3 is 1.93 bits per heavy atom. The van der Waals surface area contributed by atoms with Crippen molar-refractivity contribution in [2.24, 2.45) is 0 Å². The summed E-state index contributed by atoms with van der Waals surface area (Å²) in [6.45, 7) is 5.17. The molecule has 4 rings (SSSR count). The largest absolute Gasteiger partial charge is 0.430 e. The fourth-order valence-corrected chi connectivity index (χ4v) is 5.78. The third-order valence-corrected chi connectivity index (χ3v) is 8.19. The van der Waals surface area contributed by atoms with Crippen LogP contribution in [0.5, 0.6) is 0 Å². The number of benzene rings is 2. The third-order valence-electron chi connectivity index (χ3n) is 6.36. The highest BCUT2D eigenvalue weighted by molar-refractivity contribution is 7.92. The number of aliphatic hydroxyl groups is 1. The van der Waals surface area contributed by atoms with Gasteiger partial charge in [0.15, 0.2) is 0 Å². The van der Waals surface area contributed by atoms with Crippen LogP contribution in [0.4, 0.5) is 36.4 Å². The highest BCUT2D eigenvalue weighted by atomic mass is 32.2. The van der Waals surface area contributed by atoms with Gasteiger partial charge in [0.25, 0.3) is 15.6 Å². The first kappa shape index (κ1) is 33.9. The molecule has 2 aliphatic rings. The molecule has 15 heteroatoms. The summed E-state index contributed by atoms with van der Waals surface area (Å²) in [4.78, 5) is 12.3. The van der Waals surface area contributed by atoms with Gasteiger partial charge in [0.2, 0.25) is 5.91 Å². The van der Waals surface area contributed by atoms with E-state index >= 15 is 0 Å². The van der Waals surface area contributed by atoms with Gasteiger partial charge in [0, 0.05) is 45.2 Å². The number of aryl methyl sites for hydroxylation is 1. The normalized spacial score (nSPS) is 16.0. The topological polar surface area (TPSA) is 90.0 Å². The molecule has 2 aromatic rings. The zero-order chi connectivity index (χ0) is 31.2. The molecule has 0 unspecified atom stereocenters. The van der Waals surface area contributed by atoms with Crippen molar-refractivity contribution in [2.75, 3.05) is 37.0 Å². The lowest BCUT2D eigenvalue weighted by atomic mass is 9.89. The quantitative estimate of drug-likeness (QED) is 0.405. The number of hydrogen-bond acceptors (Lipinski definition) is 5. The number of amides is 1. The van der Waals surface area contributed by atoms with E-state index in [2.05, 4.69) is 18.2 Å². The summed E-state index contributed by atoms with van der Waals surface area (Å²) in [7, 11) is -4.24. The number of alkyl halides is 6. The van der Waals surface area contributed by atoms with Crippen LogP contribution in [0, 0.1) is 18.7 Å². The van der Waals surface area contributed by atoms with Gasteiger partial charge < -0.3 is 15.3 Å². The number of carbonyl (C=O) groups is 1. The molecule has 226 valence electrons. The molecule has 7 nitrogen and oxygen atoms in total. The summed E-state index contributed by atoms with van der Waals surface area (Å²) in [5, 5.41) is 12.7. The second kappa shape index (κ2) is 13.1. The lowest BCUT2D eigenvalue weighted by Gasteiger charge is -2.35. The fraction of sp³-hybridized carbons (Fsp3) is 0.423. The highest BCUT2D eigenvalue weighted by Crippen LogP contribution is 2.51.